The minimum Gasteiger partial charge on any atom is -0.480 e. The normalized spacial score (nSPS) is 11.2. The number of aryl methyl sites for hydroxylation is 1. The summed E-state index contributed by atoms with van der Waals surface area (Å²) in [4.78, 5) is 11.4. The van der Waals surface area contributed by atoms with E-state index in [0.29, 0.717) is 12.8 Å². The monoisotopic (exact) mass is 235 g/mol. The lowest BCUT2D eigenvalue weighted by atomic mass is 9.92. The molecule has 0 aliphatic carbocycles. The molecular weight excluding hydrogens is 214 g/mol. The maximum Gasteiger partial charge on any atom is 0.329 e. The van der Waals surface area contributed by atoms with Crippen molar-refractivity contribution in [3.05, 3.63) is 29.8 Å². The fourth-order valence-corrected chi connectivity index (χ4v) is 1.93. The van der Waals surface area contributed by atoms with E-state index in [1.807, 2.05) is 38.1 Å². The van der Waals surface area contributed by atoms with Gasteiger partial charge in [0.05, 0.1) is 0 Å². The maximum atomic E-state index is 11.4. The van der Waals surface area contributed by atoms with Crippen LogP contribution in [0.5, 0.6) is 0 Å². The van der Waals surface area contributed by atoms with Crippen LogP contribution in [-0.4, -0.2) is 16.6 Å². The molecule has 0 unspecified atom stereocenters. The topological polar surface area (TPSA) is 49.3 Å². The second-order valence-corrected chi connectivity index (χ2v) is 4.27. The summed E-state index contributed by atoms with van der Waals surface area (Å²) in [6, 6.07) is 7.94. The Hall–Kier alpha value is -1.51. The predicted octanol–water partition coefficient (Wildman–Crippen LogP) is 3.30. The highest BCUT2D eigenvalue weighted by Crippen LogP contribution is 2.23. The number of rotatable bonds is 6. The van der Waals surface area contributed by atoms with E-state index in [9.17, 15) is 9.90 Å². The fourth-order valence-electron chi connectivity index (χ4n) is 1.93. The quantitative estimate of drug-likeness (QED) is 0.795. The van der Waals surface area contributed by atoms with Gasteiger partial charge in [0.25, 0.3) is 0 Å². The molecule has 3 heteroatoms. The zero-order valence-electron chi connectivity index (χ0n) is 10.8. The molecule has 0 aromatic heterocycles. The first-order chi connectivity index (χ1) is 8.07. The van der Waals surface area contributed by atoms with Gasteiger partial charge >= 0.3 is 5.97 Å². The second-order valence-electron chi connectivity index (χ2n) is 4.27. The van der Waals surface area contributed by atoms with Crippen LogP contribution in [-0.2, 0) is 11.2 Å². The summed E-state index contributed by atoms with van der Waals surface area (Å²) in [7, 11) is 0. The molecule has 2 N–H and O–H groups in total. The first kappa shape index (κ1) is 13.6. The van der Waals surface area contributed by atoms with Crippen LogP contribution in [0.4, 0.5) is 5.69 Å². The van der Waals surface area contributed by atoms with Crippen LogP contribution in [0.1, 0.15) is 39.2 Å². The lowest BCUT2D eigenvalue weighted by Crippen LogP contribution is -2.45. The third kappa shape index (κ3) is 2.99. The Kier molecular flexibility index (Phi) is 4.55. The molecule has 0 fully saturated rings. The van der Waals surface area contributed by atoms with Crippen LogP contribution in [0.2, 0.25) is 0 Å². The van der Waals surface area contributed by atoms with Crippen LogP contribution in [0, 0.1) is 0 Å². The van der Waals surface area contributed by atoms with Crippen molar-refractivity contribution in [2.75, 3.05) is 5.32 Å². The van der Waals surface area contributed by atoms with Gasteiger partial charge in [-0.25, -0.2) is 4.79 Å². The van der Waals surface area contributed by atoms with E-state index >= 15 is 0 Å². The summed E-state index contributed by atoms with van der Waals surface area (Å²) in [6.45, 7) is 5.88. The van der Waals surface area contributed by atoms with E-state index in [4.69, 9.17) is 0 Å². The number of hydrogen-bond acceptors (Lipinski definition) is 2. The fraction of sp³-hybridized carbons (Fsp3) is 0.500. The molecule has 0 bridgehead atoms. The molecule has 94 valence electrons. The molecule has 0 spiro atoms. The number of hydrogen-bond donors (Lipinski definition) is 2. The van der Waals surface area contributed by atoms with Crippen molar-refractivity contribution in [1.29, 1.82) is 0 Å². The van der Waals surface area contributed by atoms with E-state index < -0.39 is 11.5 Å². The Morgan fingerprint density at radius 2 is 1.94 bits per heavy atom. The Morgan fingerprint density at radius 1 is 1.29 bits per heavy atom. The number of nitrogens with one attached hydrogen (secondary N) is 1. The predicted molar refractivity (Wildman–Crippen MR) is 70.4 cm³/mol. The van der Waals surface area contributed by atoms with Crippen LogP contribution in [0.3, 0.4) is 0 Å². The molecule has 1 aromatic rings. The van der Waals surface area contributed by atoms with Crippen LogP contribution in [0.15, 0.2) is 24.3 Å². The van der Waals surface area contributed by atoms with Gasteiger partial charge in [0.1, 0.15) is 5.54 Å². The molecule has 0 heterocycles. The average molecular weight is 235 g/mol. The van der Waals surface area contributed by atoms with E-state index in [1.54, 1.807) is 0 Å². The number of benzene rings is 1. The van der Waals surface area contributed by atoms with Gasteiger partial charge in [-0.15, -0.1) is 0 Å². The third-order valence-corrected chi connectivity index (χ3v) is 3.34. The molecule has 3 nitrogen and oxygen atoms in total. The Labute approximate surface area is 103 Å². The van der Waals surface area contributed by atoms with Crippen molar-refractivity contribution >= 4 is 11.7 Å². The lowest BCUT2D eigenvalue weighted by Gasteiger charge is -2.29. The lowest BCUT2D eigenvalue weighted by molar-refractivity contribution is -0.142. The standard InChI is InChI=1S/C14H21NO2/c1-4-11-8-7-9-12(10-11)15-14(5-2,6-3)13(16)17/h7-10,15H,4-6H2,1-3H3,(H,16,17). The molecular formula is C14H21NO2. The maximum absolute atomic E-state index is 11.4. The summed E-state index contributed by atoms with van der Waals surface area (Å²) in [5.74, 6) is -0.788. The SMILES string of the molecule is CCc1cccc(NC(CC)(CC)C(=O)O)c1. The molecule has 0 atom stereocenters. The number of carboxylic acid groups (broad SMARTS) is 1. The van der Waals surface area contributed by atoms with Gasteiger partial charge in [0, 0.05) is 5.69 Å². The van der Waals surface area contributed by atoms with Gasteiger partial charge in [-0.2, -0.15) is 0 Å². The van der Waals surface area contributed by atoms with Crippen LogP contribution < -0.4 is 5.32 Å². The number of anilines is 1. The first-order valence-corrected chi connectivity index (χ1v) is 6.18. The van der Waals surface area contributed by atoms with Crippen molar-refractivity contribution in [2.45, 2.75) is 45.6 Å². The molecule has 0 saturated heterocycles. The number of carboxylic acids is 1. The van der Waals surface area contributed by atoms with E-state index in [-0.39, 0.29) is 0 Å². The summed E-state index contributed by atoms with van der Waals surface area (Å²) < 4.78 is 0. The van der Waals surface area contributed by atoms with Gasteiger partial charge < -0.3 is 10.4 Å². The molecule has 0 saturated carbocycles. The Bertz CT molecular complexity index is 384. The van der Waals surface area contributed by atoms with E-state index in [0.717, 1.165) is 12.1 Å². The molecule has 1 rings (SSSR count). The zero-order valence-corrected chi connectivity index (χ0v) is 10.8. The van der Waals surface area contributed by atoms with Crippen LogP contribution in [0.25, 0.3) is 0 Å². The summed E-state index contributed by atoms with van der Waals surface area (Å²) in [5, 5.41) is 12.5. The highest BCUT2D eigenvalue weighted by Gasteiger charge is 2.34. The molecule has 0 amide bonds. The molecule has 1 aromatic carbocycles. The average Bonchev–Trinajstić information content (AvgIpc) is 2.36. The molecule has 17 heavy (non-hydrogen) atoms. The van der Waals surface area contributed by atoms with Crippen molar-refractivity contribution in [2.24, 2.45) is 0 Å². The zero-order chi connectivity index (χ0) is 12.9. The third-order valence-electron chi connectivity index (χ3n) is 3.34. The van der Waals surface area contributed by atoms with Crippen molar-refractivity contribution in [1.82, 2.24) is 0 Å². The highest BCUT2D eigenvalue weighted by molar-refractivity contribution is 5.82. The highest BCUT2D eigenvalue weighted by atomic mass is 16.4. The summed E-state index contributed by atoms with van der Waals surface area (Å²) >= 11 is 0. The summed E-state index contributed by atoms with van der Waals surface area (Å²) in [6.07, 6.45) is 2.08. The smallest absolute Gasteiger partial charge is 0.329 e. The minimum atomic E-state index is -0.855. The molecule has 0 radical (unpaired) electrons. The van der Waals surface area contributed by atoms with Gasteiger partial charge in [0.2, 0.25) is 0 Å². The van der Waals surface area contributed by atoms with Crippen molar-refractivity contribution in [3.63, 3.8) is 0 Å². The van der Waals surface area contributed by atoms with Gasteiger partial charge in [-0.05, 0) is 37.0 Å². The van der Waals surface area contributed by atoms with Gasteiger partial charge in [-0.3, -0.25) is 0 Å². The Balaban J connectivity index is 2.97. The van der Waals surface area contributed by atoms with Gasteiger partial charge in [0.15, 0.2) is 0 Å². The first-order valence-electron chi connectivity index (χ1n) is 6.18. The Morgan fingerprint density at radius 3 is 2.41 bits per heavy atom. The second kappa shape index (κ2) is 5.71. The molecule has 0 aliphatic heterocycles. The molecule has 0 aliphatic rings. The summed E-state index contributed by atoms with van der Waals surface area (Å²) in [5.41, 5.74) is 1.24. The minimum absolute atomic E-state index is 0.565. The van der Waals surface area contributed by atoms with Crippen LogP contribution >= 0.6 is 0 Å². The largest absolute Gasteiger partial charge is 0.480 e. The van der Waals surface area contributed by atoms with Gasteiger partial charge in [-0.1, -0.05) is 32.9 Å². The van der Waals surface area contributed by atoms with Crippen molar-refractivity contribution in [3.8, 4) is 0 Å². The van der Waals surface area contributed by atoms with E-state index in [1.165, 1.54) is 5.56 Å². The van der Waals surface area contributed by atoms with E-state index in [2.05, 4.69) is 12.2 Å². The van der Waals surface area contributed by atoms with Crippen molar-refractivity contribution < 1.29 is 9.90 Å². The number of carbonyl (C=O) groups is 1. The number of aliphatic carboxylic acids is 1.